The van der Waals surface area contributed by atoms with E-state index in [9.17, 15) is 10.2 Å². The third-order valence-electron chi connectivity index (χ3n) is 3.78. The number of nitrogens with two attached hydrogens (primary N) is 1. The molecule has 5 N–H and O–H groups in total. The standard InChI is InChI=1S/C14H20Cl2N2O2/c15-11-5-8(6-12(16)14(11)17)13(20)7-18-9-1-3-10(19)4-2-9/h5-6,9-10,13,18-20H,1-4,7,17H2/t9?,10?,13-/m0/s1. The zero-order valence-electron chi connectivity index (χ0n) is 11.1. The van der Waals surface area contributed by atoms with E-state index >= 15 is 0 Å². The van der Waals surface area contributed by atoms with Gasteiger partial charge in [0.05, 0.1) is 27.9 Å². The van der Waals surface area contributed by atoms with Crippen LogP contribution >= 0.6 is 23.2 Å². The number of aliphatic hydroxyl groups is 2. The number of benzene rings is 1. The minimum atomic E-state index is -0.683. The lowest BCUT2D eigenvalue weighted by molar-refractivity contribution is 0.109. The van der Waals surface area contributed by atoms with Crippen LogP contribution in [0.4, 0.5) is 5.69 Å². The molecule has 0 radical (unpaired) electrons. The van der Waals surface area contributed by atoms with E-state index in [-0.39, 0.29) is 6.10 Å². The third-order valence-corrected chi connectivity index (χ3v) is 4.41. The Hall–Kier alpha value is -0.520. The largest absolute Gasteiger partial charge is 0.396 e. The number of anilines is 1. The molecule has 1 aliphatic rings. The number of nitrogen functional groups attached to an aromatic ring is 1. The molecule has 1 aliphatic carbocycles. The average molecular weight is 319 g/mol. The fourth-order valence-electron chi connectivity index (χ4n) is 2.47. The number of halogens is 2. The summed E-state index contributed by atoms with van der Waals surface area (Å²) in [6, 6.07) is 3.62. The fraction of sp³-hybridized carbons (Fsp3) is 0.571. The highest BCUT2D eigenvalue weighted by atomic mass is 35.5. The summed E-state index contributed by atoms with van der Waals surface area (Å²) >= 11 is 11.9. The maximum Gasteiger partial charge on any atom is 0.0915 e. The maximum atomic E-state index is 10.2. The highest BCUT2D eigenvalue weighted by molar-refractivity contribution is 6.38. The van der Waals surface area contributed by atoms with Crippen molar-refractivity contribution in [3.63, 3.8) is 0 Å². The van der Waals surface area contributed by atoms with Gasteiger partial charge in [0.25, 0.3) is 0 Å². The topological polar surface area (TPSA) is 78.5 Å². The summed E-state index contributed by atoms with van der Waals surface area (Å²) in [5.41, 5.74) is 6.65. The predicted molar refractivity (Wildman–Crippen MR) is 82.1 cm³/mol. The summed E-state index contributed by atoms with van der Waals surface area (Å²) in [6.45, 7) is 0.428. The molecule has 112 valence electrons. The van der Waals surface area contributed by atoms with Crippen LogP contribution in [0.15, 0.2) is 12.1 Å². The molecule has 4 nitrogen and oxygen atoms in total. The molecule has 1 aromatic carbocycles. The predicted octanol–water partition coefficient (Wildman–Crippen LogP) is 2.50. The van der Waals surface area contributed by atoms with Gasteiger partial charge < -0.3 is 21.3 Å². The van der Waals surface area contributed by atoms with Gasteiger partial charge in [-0.2, -0.15) is 0 Å². The molecule has 0 spiro atoms. The Morgan fingerprint density at radius 2 is 1.75 bits per heavy atom. The van der Waals surface area contributed by atoms with Crippen molar-refractivity contribution in [1.29, 1.82) is 0 Å². The number of hydrogen-bond acceptors (Lipinski definition) is 4. The first-order chi connectivity index (χ1) is 9.47. The van der Waals surface area contributed by atoms with Crippen molar-refractivity contribution in [1.82, 2.24) is 5.32 Å². The Balaban J connectivity index is 1.90. The van der Waals surface area contributed by atoms with Crippen molar-refractivity contribution in [3.8, 4) is 0 Å². The van der Waals surface area contributed by atoms with Gasteiger partial charge in [0.2, 0.25) is 0 Å². The molecule has 0 bridgehead atoms. The van der Waals surface area contributed by atoms with Gasteiger partial charge in [-0.3, -0.25) is 0 Å². The Morgan fingerprint density at radius 3 is 2.30 bits per heavy atom. The van der Waals surface area contributed by atoms with Crippen LogP contribution in [0, 0.1) is 0 Å². The number of rotatable bonds is 4. The van der Waals surface area contributed by atoms with E-state index in [1.807, 2.05) is 0 Å². The maximum absolute atomic E-state index is 10.2. The highest BCUT2D eigenvalue weighted by Crippen LogP contribution is 2.31. The van der Waals surface area contributed by atoms with Crippen LogP contribution in [0.3, 0.4) is 0 Å². The number of aliphatic hydroxyl groups excluding tert-OH is 2. The summed E-state index contributed by atoms with van der Waals surface area (Å²) in [6.07, 6.45) is 2.62. The van der Waals surface area contributed by atoms with E-state index in [2.05, 4.69) is 5.32 Å². The van der Waals surface area contributed by atoms with Gasteiger partial charge in [0.1, 0.15) is 0 Å². The van der Waals surface area contributed by atoms with Crippen LogP contribution in [0.5, 0.6) is 0 Å². The van der Waals surface area contributed by atoms with Gasteiger partial charge in [-0.15, -0.1) is 0 Å². The van der Waals surface area contributed by atoms with E-state index in [1.54, 1.807) is 12.1 Å². The van der Waals surface area contributed by atoms with Crippen molar-refractivity contribution in [2.45, 2.75) is 43.9 Å². The third kappa shape index (κ3) is 3.99. The molecule has 0 amide bonds. The fourth-order valence-corrected chi connectivity index (χ4v) is 2.98. The average Bonchev–Trinajstić information content (AvgIpc) is 2.43. The van der Waals surface area contributed by atoms with E-state index in [4.69, 9.17) is 28.9 Å². The van der Waals surface area contributed by atoms with Crippen molar-refractivity contribution < 1.29 is 10.2 Å². The summed E-state index contributed by atoms with van der Waals surface area (Å²) in [5, 5.41) is 23.6. The SMILES string of the molecule is Nc1c(Cl)cc([C@@H](O)CNC2CCC(O)CC2)cc1Cl. The van der Waals surface area contributed by atoms with Gasteiger partial charge in [0, 0.05) is 12.6 Å². The molecule has 0 saturated heterocycles. The second-order valence-corrected chi connectivity index (χ2v) is 6.14. The van der Waals surface area contributed by atoms with Crippen molar-refractivity contribution in [2.24, 2.45) is 0 Å². The van der Waals surface area contributed by atoms with E-state index in [1.165, 1.54) is 0 Å². The lowest BCUT2D eigenvalue weighted by Crippen LogP contribution is -2.36. The Bertz CT molecular complexity index is 439. The number of nitrogens with one attached hydrogen (secondary N) is 1. The molecule has 1 saturated carbocycles. The second kappa shape index (κ2) is 6.96. The van der Waals surface area contributed by atoms with Crippen LogP contribution in [0.1, 0.15) is 37.4 Å². The Labute approximate surface area is 128 Å². The molecule has 0 heterocycles. The minimum absolute atomic E-state index is 0.173. The molecule has 20 heavy (non-hydrogen) atoms. The van der Waals surface area contributed by atoms with Gasteiger partial charge in [0.15, 0.2) is 0 Å². The van der Waals surface area contributed by atoms with E-state index in [0.717, 1.165) is 25.7 Å². The van der Waals surface area contributed by atoms with Gasteiger partial charge in [-0.1, -0.05) is 23.2 Å². The first kappa shape index (κ1) is 15.9. The Kier molecular flexibility index (Phi) is 5.52. The zero-order chi connectivity index (χ0) is 14.7. The van der Waals surface area contributed by atoms with E-state index in [0.29, 0.717) is 33.9 Å². The van der Waals surface area contributed by atoms with E-state index < -0.39 is 6.10 Å². The molecule has 0 unspecified atom stereocenters. The van der Waals surface area contributed by atoms with Crippen LogP contribution in [-0.2, 0) is 0 Å². The number of hydrogen-bond donors (Lipinski definition) is 4. The zero-order valence-corrected chi connectivity index (χ0v) is 12.7. The highest BCUT2D eigenvalue weighted by Gasteiger charge is 2.20. The lowest BCUT2D eigenvalue weighted by atomic mass is 9.93. The molecule has 1 fully saturated rings. The lowest BCUT2D eigenvalue weighted by Gasteiger charge is -2.27. The molecule has 0 aliphatic heterocycles. The van der Waals surface area contributed by atoms with Crippen LogP contribution in [0.2, 0.25) is 10.0 Å². The Morgan fingerprint density at radius 1 is 1.20 bits per heavy atom. The molecule has 1 atom stereocenters. The molecular weight excluding hydrogens is 299 g/mol. The molecular formula is C14H20Cl2N2O2. The molecule has 6 heteroatoms. The van der Waals surface area contributed by atoms with Gasteiger partial charge in [-0.05, 0) is 43.4 Å². The van der Waals surface area contributed by atoms with Crippen LogP contribution in [-0.4, -0.2) is 28.9 Å². The second-order valence-electron chi connectivity index (χ2n) is 5.33. The normalized spacial score (nSPS) is 24.6. The van der Waals surface area contributed by atoms with Gasteiger partial charge >= 0.3 is 0 Å². The first-order valence-corrected chi connectivity index (χ1v) is 7.57. The quantitative estimate of drug-likeness (QED) is 0.643. The smallest absolute Gasteiger partial charge is 0.0915 e. The molecule has 2 rings (SSSR count). The summed E-state index contributed by atoms with van der Waals surface area (Å²) in [4.78, 5) is 0. The van der Waals surface area contributed by atoms with Gasteiger partial charge in [-0.25, -0.2) is 0 Å². The summed E-state index contributed by atoms with van der Waals surface area (Å²) in [5.74, 6) is 0. The van der Waals surface area contributed by atoms with Crippen molar-refractivity contribution in [2.75, 3.05) is 12.3 Å². The molecule has 0 aromatic heterocycles. The van der Waals surface area contributed by atoms with Crippen LogP contribution < -0.4 is 11.1 Å². The summed E-state index contributed by atoms with van der Waals surface area (Å²) in [7, 11) is 0. The minimum Gasteiger partial charge on any atom is -0.396 e. The van der Waals surface area contributed by atoms with Crippen molar-refractivity contribution in [3.05, 3.63) is 27.7 Å². The monoisotopic (exact) mass is 318 g/mol. The first-order valence-electron chi connectivity index (χ1n) is 6.81. The molecule has 1 aromatic rings. The summed E-state index contributed by atoms with van der Waals surface area (Å²) < 4.78 is 0. The van der Waals surface area contributed by atoms with Crippen LogP contribution in [0.25, 0.3) is 0 Å². The van der Waals surface area contributed by atoms with Crippen molar-refractivity contribution >= 4 is 28.9 Å².